The maximum absolute atomic E-state index is 12.2. The van der Waals surface area contributed by atoms with E-state index in [0.29, 0.717) is 12.8 Å². The molecule has 1 aliphatic heterocycles. The molecular formula is C31H40O10S2. The molecule has 0 unspecified atom stereocenters. The molecule has 236 valence electrons. The monoisotopic (exact) mass is 636 g/mol. The van der Waals surface area contributed by atoms with E-state index in [1.165, 1.54) is 32.5 Å². The smallest absolute Gasteiger partial charge is 0.303 e. The molecule has 2 aromatic carbocycles. The van der Waals surface area contributed by atoms with Gasteiger partial charge in [0, 0.05) is 20.8 Å². The summed E-state index contributed by atoms with van der Waals surface area (Å²) in [6.07, 6.45) is 1.87. The summed E-state index contributed by atoms with van der Waals surface area (Å²) in [5.74, 6) is -1.76. The standard InChI is InChI=1S/C31H40O10S2/c1-19-10-15-25(18-26(19)17-24-13-11-23(12-14-24)9-7-8-16-37-43(6,35)36)27-28(38-20(2)32)29(39-21(3)33)30(40-22(4)34)31(41-27)42-5/h10-15,18,27-31H,7-9,16-17H2,1-6H3/t27-,28-,29+,30-,31+/m0/s1. The average molecular weight is 637 g/mol. The second-order valence-corrected chi connectivity index (χ2v) is 13.1. The van der Waals surface area contributed by atoms with Crippen LogP contribution in [0.5, 0.6) is 0 Å². The third kappa shape index (κ3) is 10.6. The Morgan fingerprint density at radius 1 is 0.837 bits per heavy atom. The highest BCUT2D eigenvalue weighted by Gasteiger charge is 2.52. The zero-order valence-electron chi connectivity index (χ0n) is 25.4. The van der Waals surface area contributed by atoms with Crippen LogP contribution in [0, 0.1) is 6.92 Å². The van der Waals surface area contributed by atoms with Gasteiger partial charge in [-0.25, -0.2) is 0 Å². The minimum atomic E-state index is -3.41. The zero-order valence-corrected chi connectivity index (χ0v) is 27.0. The van der Waals surface area contributed by atoms with Crippen LogP contribution in [0.2, 0.25) is 0 Å². The number of benzene rings is 2. The van der Waals surface area contributed by atoms with Crippen molar-refractivity contribution in [3.8, 4) is 0 Å². The Hall–Kier alpha value is -2.93. The van der Waals surface area contributed by atoms with Gasteiger partial charge in [0.15, 0.2) is 18.3 Å². The fourth-order valence-corrected chi connectivity index (χ4v) is 6.11. The number of unbranched alkanes of at least 4 members (excludes halogenated alkanes) is 1. The van der Waals surface area contributed by atoms with E-state index >= 15 is 0 Å². The van der Waals surface area contributed by atoms with Gasteiger partial charge in [-0.3, -0.25) is 18.6 Å². The Bertz CT molecular complexity index is 1370. The quantitative estimate of drug-likeness (QED) is 0.134. The third-order valence-corrected chi connectivity index (χ3v) is 8.35. The molecule has 5 atom stereocenters. The van der Waals surface area contributed by atoms with Crippen LogP contribution in [0.3, 0.4) is 0 Å². The first-order chi connectivity index (χ1) is 20.3. The van der Waals surface area contributed by atoms with Gasteiger partial charge in [0.25, 0.3) is 10.1 Å². The molecule has 12 heteroatoms. The topological polar surface area (TPSA) is 132 Å². The van der Waals surface area contributed by atoms with Crippen molar-refractivity contribution >= 4 is 39.8 Å². The largest absolute Gasteiger partial charge is 0.455 e. The lowest BCUT2D eigenvalue weighted by Crippen LogP contribution is -2.57. The number of carbonyl (C=O) groups excluding carboxylic acids is 3. The fourth-order valence-electron chi connectivity index (χ4n) is 4.98. The summed E-state index contributed by atoms with van der Waals surface area (Å²) in [7, 11) is -3.41. The summed E-state index contributed by atoms with van der Waals surface area (Å²) >= 11 is 1.30. The second kappa shape index (κ2) is 15.7. The molecule has 0 aromatic heterocycles. The van der Waals surface area contributed by atoms with Crippen LogP contribution in [0.15, 0.2) is 42.5 Å². The number of aryl methyl sites for hydroxylation is 2. The lowest BCUT2D eigenvalue weighted by atomic mass is 9.90. The van der Waals surface area contributed by atoms with Crippen molar-refractivity contribution in [1.82, 2.24) is 0 Å². The van der Waals surface area contributed by atoms with Crippen molar-refractivity contribution in [2.24, 2.45) is 0 Å². The van der Waals surface area contributed by atoms with E-state index in [0.717, 1.165) is 46.9 Å². The average Bonchev–Trinajstić information content (AvgIpc) is 2.91. The molecule has 0 saturated carbocycles. The van der Waals surface area contributed by atoms with Crippen LogP contribution in [-0.4, -0.2) is 69.2 Å². The van der Waals surface area contributed by atoms with Gasteiger partial charge < -0.3 is 18.9 Å². The van der Waals surface area contributed by atoms with Gasteiger partial charge in [-0.1, -0.05) is 42.5 Å². The molecule has 10 nitrogen and oxygen atoms in total. The molecule has 1 fully saturated rings. The molecule has 1 heterocycles. The molecule has 0 amide bonds. The molecule has 0 bridgehead atoms. The second-order valence-electron chi connectivity index (χ2n) is 10.5. The number of rotatable bonds is 13. The van der Waals surface area contributed by atoms with Crippen molar-refractivity contribution in [2.75, 3.05) is 19.1 Å². The minimum absolute atomic E-state index is 0.180. The molecule has 0 N–H and O–H groups in total. The van der Waals surface area contributed by atoms with Gasteiger partial charge in [0.2, 0.25) is 0 Å². The molecule has 1 aliphatic rings. The zero-order chi connectivity index (χ0) is 31.7. The first-order valence-corrected chi connectivity index (χ1v) is 17.1. The molecule has 2 aromatic rings. The maximum atomic E-state index is 12.2. The number of thioether (sulfide) groups is 1. The predicted molar refractivity (Wildman–Crippen MR) is 162 cm³/mol. The van der Waals surface area contributed by atoms with Gasteiger partial charge >= 0.3 is 17.9 Å². The normalized spacial score (nSPS) is 22.0. The van der Waals surface area contributed by atoms with Gasteiger partial charge in [-0.15, -0.1) is 11.8 Å². The van der Waals surface area contributed by atoms with E-state index in [1.54, 1.807) is 6.26 Å². The van der Waals surface area contributed by atoms with Crippen molar-refractivity contribution in [2.45, 2.75) is 83.2 Å². The Kier molecular flexibility index (Phi) is 12.6. The van der Waals surface area contributed by atoms with Crippen LogP contribution in [-0.2, 0) is 60.5 Å². The molecule has 0 spiro atoms. The first kappa shape index (κ1) is 34.6. The SMILES string of the molecule is CS[C@H]1O[C@@H](c2ccc(C)c(Cc3ccc(CCCCOS(C)(=O)=O)cc3)c2)[C@H](OC(C)=O)[C@@H](OC(C)=O)[C@@H]1OC(C)=O. The van der Waals surface area contributed by atoms with Crippen molar-refractivity contribution in [3.63, 3.8) is 0 Å². The van der Waals surface area contributed by atoms with E-state index in [4.69, 9.17) is 23.1 Å². The summed E-state index contributed by atoms with van der Waals surface area (Å²) in [5.41, 5.74) is 4.41. The van der Waals surface area contributed by atoms with Gasteiger partial charge in [0.1, 0.15) is 11.5 Å². The van der Waals surface area contributed by atoms with Gasteiger partial charge in [-0.05, 0) is 66.7 Å². The van der Waals surface area contributed by atoms with Crippen LogP contribution in [0.1, 0.15) is 67.5 Å². The lowest BCUT2D eigenvalue weighted by molar-refractivity contribution is -0.233. The van der Waals surface area contributed by atoms with Crippen LogP contribution in [0.4, 0.5) is 0 Å². The Morgan fingerprint density at radius 3 is 2.00 bits per heavy atom. The minimum Gasteiger partial charge on any atom is -0.455 e. The fraction of sp³-hybridized carbons (Fsp3) is 0.516. The van der Waals surface area contributed by atoms with Crippen molar-refractivity contribution < 1.29 is 45.9 Å². The molecule has 1 saturated heterocycles. The van der Waals surface area contributed by atoms with Crippen molar-refractivity contribution in [1.29, 1.82) is 0 Å². The Morgan fingerprint density at radius 2 is 1.42 bits per heavy atom. The molecule has 0 radical (unpaired) electrons. The number of hydrogen-bond donors (Lipinski definition) is 0. The van der Waals surface area contributed by atoms with E-state index in [1.807, 2.05) is 25.1 Å². The highest BCUT2D eigenvalue weighted by atomic mass is 32.2. The van der Waals surface area contributed by atoms with Crippen molar-refractivity contribution in [3.05, 3.63) is 70.3 Å². The Labute approximate surface area is 257 Å². The van der Waals surface area contributed by atoms with Crippen LogP contribution < -0.4 is 0 Å². The van der Waals surface area contributed by atoms with Crippen LogP contribution >= 0.6 is 11.8 Å². The molecule has 3 rings (SSSR count). The number of ether oxygens (including phenoxy) is 4. The highest BCUT2D eigenvalue weighted by Crippen LogP contribution is 2.40. The number of carbonyl (C=O) groups is 3. The maximum Gasteiger partial charge on any atom is 0.303 e. The van der Waals surface area contributed by atoms with E-state index in [-0.39, 0.29) is 6.61 Å². The summed E-state index contributed by atoms with van der Waals surface area (Å²) < 4.78 is 50.1. The summed E-state index contributed by atoms with van der Waals surface area (Å²) in [6.45, 7) is 5.96. The van der Waals surface area contributed by atoms with Gasteiger partial charge in [-0.2, -0.15) is 8.42 Å². The molecular weight excluding hydrogens is 596 g/mol. The van der Waals surface area contributed by atoms with E-state index in [2.05, 4.69) is 24.3 Å². The Balaban J connectivity index is 1.82. The van der Waals surface area contributed by atoms with E-state index < -0.39 is 57.9 Å². The number of esters is 3. The summed E-state index contributed by atoms with van der Waals surface area (Å²) in [6, 6.07) is 14.1. The highest BCUT2D eigenvalue weighted by molar-refractivity contribution is 7.99. The molecule has 0 aliphatic carbocycles. The molecule has 43 heavy (non-hydrogen) atoms. The lowest BCUT2D eigenvalue weighted by Gasteiger charge is -2.44. The predicted octanol–water partition coefficient (Wildman–Crippen LogP) is 4.44. The summed E-state index contributed by atoms with van der Waals surface area (Å²) in [5, 5.41) is 0. The van der Waals surface area contributed by atoms with E-state index in [9.17, 15) is 22.8 Å². The first-order valence-electron chi connectivity index (χ1n) is 14.0. The summed E-state index contributed by atoms with van der Waals surface area (Å²) in [4.78, 5) is 36.2. The third-order valence-electron chi connectivity index (χ3n) is 6.91. The number of hydrogen-bond acceptors (Lipinski definition) is 11. The van der Waals surface area contributed by atoms with Gasteiger partial charge in [0.05, 0.1) is 12.9 Å². The van der Waals surface area contributed by atoms with Crippen LogP contribution in [0.25, 0.3) is 0 Å².